The van der Waals surface area contributed by atoms with Gasteiger partial charge in [0.05, 0.1) is 11.4 Å². The van der Waals surface area contributed by atoms with Crippen molar-refractivity contribution in [3.05, 3.63) is 17.7 Å². The Hall–Kier alpha value is -1.38. The van der Waals surface area contributed by atoms with Crippen LogP contribution in [0.4, 0.5) is 11.4 Å². The second-order valence-corrected chi connectivity index (χ2v) is 2.27. The normalized spacial score (nSPS) is 9.70. The topological polar surface area (TPSA) is 72.3 Å². The molecule has 0 aliphatic rings. The summed E-state index contributed by atoms with van der Waals surface area (Å²) in [5, 5.41) is 8.98. The number of hydrogen-bond donors (Lipinski definition) is 3. The highest BCUT2D eigenvalue weighted by molar-refractivity contribution is 5.69. The average Bonchev–Trinajstić information content (AvgIpc) is 1.82. The molecule has 0 atom stereocenters. The molecule has 0 amide bonds. The van der Waals surface area contributed by atoms with E-state index in [1.807, 2.05) is 0 Å². The van der Waals surface area contributed by atoms with Crippen molar-refractivity contribution in [2.24, 2.45) is 0 Å². The molecule has 0 saturated carbocycles. The maximum Gasteiger partial charge on any atom is 0.118 e. The number of phenolic OH excluding ortho intramolecular Hbond substituents is 1. The van der Waals surface area contributed by atoms with Crippen LogP contribution in [-0.2, 0) is 0 Å². The molecule has 0 unspecified atom stereocenters. The average molecular weight is 138 g/mol. The van der Waals surface area contributed by atoms with E-state index in [-0.39, 0.29) is 5.75 Å². The number of rotatable bonds is 0. The van der Waals surface area contributed by atoms with Crippen LogP contribution in [0.1, 0.15) is 5.56 Å². The fourth-order valence-corrected chi connectivity index (χ4v) is 0.806. The summed E-state index contributed by atoms with van der Waals surface area (Å²) in [4.78, 5) is 0. The van der Waals surface area contributed by atoms with Crippen LogP contribution in [-0.4, -0.2) is 5.11 Å². The van der Waals surface area contributed by atoms with Gasteiger partial charge in [-0.1, -0.05) is 0 Å². The molecule has 54 valence electrons. The van der Waals surface area contributed by atoms with E-state index in [0.717, 1.165) is 5.56 Å². The zero-order valence-electron chi connectivity index (χ0n) is 5.76. The minimum atomic E-state index is 0.157. The Morgan fingerprint density at radius 2 is 1.90 bits per heavy atom. The van der Waals surface area contributed by atoms with Crippen LogP contribution < -0.4 is 11.5 Å². The van der Waals surface area contributed by atoms with Gasteiger partial charge in [-0.05, 0) is 18.6 Å². The van der Waals surface area contributed by atoms with Crippen molar-refractivity contribution in [2.75, 3.05) is 11.5 Å². The Bertz CT molecular complexity index is 235. The summed E-state index contributed by atoms with van der Waals surface area (Å²) >= 11 is 0. The van der Waals surface area contributed by atoms with Crippen LogP contribution in [0.2, 0.25) is 0 Å². The molecule has 0 fully saturated rings. The molecule has 0 radical (unpaired) electrons. The van der Waals surface area contributed by atoms with Crippen LogP contribution in [0, 0.1) is 6.92 Å². The van der Waals surface area contributed by atoms with Crippen molar-refractivity contribution in [3.63, 3.8) is 0 Å². The van der Waals surface area contributed by atoms with Gasteiger partial charge in [-0.25, -0.2) is 0 Å². The lowest BCUT2D eigenvalue weighted by Gasteiger charge is -2.03. The van der Waals surface area contributed by atoms with Gasteiger partial charge in [0.2, 0.25) is 0 Å². The summed E-state index contributed by atoms with van der Waals surface area (Å²) in [5.41, 5.74) is 12.7. The lowest BCUT2D eigenvalue weighted by molar-refractivity contribution is 0.475. The number of aryl methyl sites for hydroxylation is 1. The summed E-state index contributed by atoms with van der Waals surface area (Å²) in [6.07, 6.45) is 0. The number of benzene rings is 1. The number of aromatic hydroxyl groups is 1. The number of anilines is 2. The van der Waals surface area contributed by atoms with E-state index in [9.17, 15) is 0 Å². The third-order valence-electron chi connectivity index (χ3n) is 1.40. The van der Waals surface area contributed by atoms with Gasteiger partial charge in [-0.3, -0.25) is 0 Å². The van der Waals surface area contributed by atoms with Crippen LogP contribution in [0.25, 0.3) is 0 Å². The summed E-state index contributed by atoms with van der Waals surface area (Å²) in [7, 11) is 0. The van der Waals surface area contributed by atoms with E-state index in [2.05, 4.69) is 0 Å². The smallest absolute Gasteiger partial charge is 0.118 e. The first-order valence-electron chi connectivity index (χ1n) is 2.96. The first kappa shape index (κ1) is 6.74. The van der Waals surface area contributed by atoms with Crippen molar-refractivity contribution in [1.82, 2.24) is 0 Å². The van der Waals surface area contributed by atoms with Crippen molar-refractivity contribution in [1.29, 1.82) is 0 Å². The standard InChI is InChI=1S/C7H10N2O/c1-4-2-5(10)3-6(8)7(4)9/h2-3,10H,8-9H2,1H3. The van der Waals surface area contributed by atoms with E-state index >= 15 is 0 Å². The van der Waals surface area contributed by atoms with E-state index in [1.54, 1.807) is 13.0 Å². The van der Waals surface area contributed by atoms with Gasteiger partial charge in [0.1, 0.15) is 5.75 Å². The van der Waals surface area contributed by atoms with E-state index in [1.165, 1.54) is 6.07 Å². The number of hydrogen-bond acceptors (Lipinski definition) is 3. The van der Waals surface area contributed by atoms with Crippen molar-refractivity contribution in [2.45, 2.75) is 6.92 Å². The zero-order chi connectivity index (χ0) is 7.72. The lowest BCUT2D eigenvalue weighted by Crippen LogP contribution is -1.96. The molecule has 10 heavy (non-hydrogen) atoms. The molecular formula is C7H10N2O. The molecule has 3 heteroatoms. The Balaban J connectivity index is 3.31. The minimum absolute atomic E-state index is 0.157. The monoisotopic (exact) mass is 138 g/mol. The van der Waals surface area contributed by atoms with Gasteiger partial charge >= 0.3 is 0 Å². The quantitative estimate of drug-likeness (QED) is 0.368. The molecule has 0 heterocycles. The van der Waals surface area contributed by atoms with E-state index in [0.29, 0.717) is 11.4 Å². The summed E-state index contributed by atoms with van der Waals surface area (Å²) in [5.74, 6) is 0.157. The molecule has 0 aliphatic heterocycles. The van der Waals surface area contributed by atoms with Crippen LogP contribution in [0.3, 0.4) is 0 Å². The van der Waals surface area contributed by atoms with E-state index in [4.69, 9.17) is 16.6 Å². The molecule has 0 aromatic heterocycles. The predicted octanol–water partition coefficient (Wildman–Crippen LogP) is 0.865. The second kappa shape index (κ2) is 2.10. The summed E-state index contributed by atoms with van der Waals surface area (Å²) < 4.78 is 0. The SMILES string of the molecule is Cc1cc(O)cc(N)c1N. The Morgan fingerprint density at radius 3 is 2.40 bits per heavy atom. The summed E-state index contributed by atoms with van der Waals surface area (Å²) in [6.45, 7) is 1.80. The second-order valence-electron chi connectivity index (χ2n) is 2.27. The third kappa shape index (κ3) is 0.978. The van der Waals surface area contributed by atoms with Gasteiger partial charge in [-0.2, -0.15) is 0 Å². The molecule has 0 spiro atoms. The molecule has 0 saturated heterocycles. The predicted molar refractivity (Wildman–Crippen MR) is 41.7 cm³/mol. The molecule has 0 bridgehead atoms. The minimum Gasteiger partial charge on any atom is -0.508 e. The van der Waals surface area contributed by atoms with Gasteiger partial charge in [0.15, 0.2) is 0 Å². The van der Waals surface area contributed by atoms with Crippen molar-refractivity contribution >= 4 is 11.4 Å². The number of phenols is 1. The Kier molecular flexibility index (Phi) is 1.41. The largest absolute Gasteiger partial charge is 0.508 e. The maximum absolute atomic E-state index is 8.98. The zero-order valence-corrected chi connectivity index (χ0v) is 5.76. The maximum atomic E-state index is 8.98. The van der Waals surface area contributed by atoms with Crippen molar-refractivity contribution < 1.29 is 5.11 Å². The molecule has 1 rings (SSSR count). The molecular weight excluding hydrogens is 128 g/mol. The molecule has 0 aliphatic carbocycles. The van der Waals surface area contributed by atoms with Crippen LogP contribution in [0.15, 0.2) is 12.1 Å². The molecule has 3 nitrogen and oxygen atoms in total. The number of nitrogens with two attached hydrogens (primary N) is 2. The van der Waals surface area contributed by atoms with Crippen LogP contribution >= 0.6 is 0 Å². The first-order valence-corrected chi connectivity index (χ1v) is 2.96. The lowest BCUT2D eigenvalue weighted by atomic mass is 10.1. The molecule has 1 aromatic rings. The van der Waals surface area contributed by atoms with Gasteiger partial charge in [0.25, 0.3) is 0 Å². The first-order chi connectivity index (χ1) is 4.61. The highest BCUT2D eigenvalue weighted by Gasteiger charge is 1.99. The molecule has 1 aromatic carbocycles. The fourth-order valence-electron chi connectivity index (χ4n) is 0.806. The molecule has 5 N–H and O–H groups in total. The van der Waals surface area contributed by atoms with Crippen molar-refractivity contribution in [3.8, 4) is 5.75 Å². The van der Waals surface area contributed by atoms with E-state index < -0.39 is 0 Å². The Labute approximate surface area is 59.3 Å². The van der Waals surface area contributed by atoms with Gasteiger partial charge in [0, 0.05) is 6.07 Å². The third-order valence-corrected chi connectivity index (χ3v) is 1.40. The highest BCUT2D eigenvalue weighted by Crippen LogP contribution is 2.24. The van der Waals surface area contributed by atoms with Crippen LogP contribution in [0.5, 0.6) is 5.75 Å². The summed E-state index contributed by atoms with van der Waals surface area (Å²) in [6, 6.07) is 3.01. The fraction of sp³-hybridized carbons (Fsp3) is 0.143. The Morgan fingerprint density at radius 1 is 1.30 bits per heavy atom. The number of nitrogen functional groups attached to an aromatic ring is 2. The van der Waals surface area contributed by atoms with Gasteiger partial charge in [-0.15, -0.1) is 0 Å². The highest BCUT2D eigenvalue weighted by atomic mass is 16.3. The van der Waals surface area contributed by atoms with Gasteiger partial charge < -0.3 is 16.6 Å².